The number of carboxylic acids is 1. The van der Waals surface area contributed by atoms with E-state index in [9.17, 15) is 14.4 Å². The van der Waals surface area contributed by atoms with Crippen molar-refractivity contribution in [3.63, 3.8) is 0 Å². The van der Waals surface area contributed by atoms with Gasteiger partial charge in [0, 0.05) is 6.42 Å². The number of carbonyl (C=O) groups excluding carboxylic acids is 2. The molecule has 1 aliphatic heterocycles. The van der Waals surface area contributed by atoms with Crippen LogP contribution in [-0.4, -0.2) is 40.4 Å². The normalized spacial score (nSPS) is 17.5. The van der Waals surface area contributed by atoms with E-state index in [1.54, 1.807) is 0 Å². The van der Waals surface area contributed by atoms with Crippen LogP contribution in [0.4, 0.5) is 0 Å². The Bertz CT molecular complexity index is 514. The molecule has 1 aromatic rings. The van der Waals surface area contributed by atoms with Gasteiger partial charge in [0.2, 0.25) is 5.91 Å². The number of amides is 1. The number of carboxylic acid groups (broad SMARTS) is 1. The monoisotopic (exact) mass is 277 g/mol. The topological polar surface area (TPSA) is 83.9 Å². The van der Waals surface area contributed by atoms with E-state index in [2.05, 4.69) is 0 Å². The molecule has 1 unspecified atom stereocenters. The van der Waals surface area contributed by atoms with Crippen molar-refractivity contribution >= 4 is 17.8 Å². The summed E-state index contributed by atoms with van der Waals surface area (Å²) in [5.74, 6) is -1.73. The van der Waals surface area contributed by atoms with E-state index in [4.69, 9.17) is 9.84 Å². The fraction of sp³-hybridized carbons (Fsp3) is 0.357. The molecule has 106 valence electrons. The van der Waals surface area contributed by atoms with E-state index in [1.165, 1.54) is 4.90 Å². The fourth-order valence-corrected chi connectivity index (χ4v) is 2.04. The zero-order valence-corrected chi connectivity index (χ0v) is 10.8. The van der Waals surface area contributed by atoms with Crippen LogP contribution >= 0.6 is 0 Å². The van der Waals surface area contributed by atoms with Gasteiger partial charge >= 0.3 is 11.9 Å². The smallest absolute Gasteiger partial charge is 0.325 e. The summed E-state index contributed by atoms with van der Waals surface area (Å²) in [6.07, 6.45) is 0.0377. The number of esters is 1. The van der Waals surface area contributed by atoms with Gasteiger partial charge in [-0.05, 0) is 5.56 Å². The average molecular weight is 277 g/mol. The third-order valence-corrected chi connectivity index (χ3v) is 3.12. The lowest BCUT2D eigenvalue weighted by atomic mass is 9.99. The molecule has 0 aromatic heterocycles. The summed E-state index contributed by atoms with van der Waals surface area (Å²) in [6.45, 7) is -0.0467. The van der Waals surface area contributed by atoms with Crippen LogP contribution in [0.3, 0.4) is 0 Å². The maximum Gasteiger partial charge on any atom is 0.325 e. The number of benzene rings is 1. The first-order chi connectivity index (χ1) is 9.56. The molecule has 1 N–H and O–H groups in total. The SMILES string of the molecule is O=C(O)CC1CC(=O)N1CC(=O)OCc1ccccc1. The first-order valence-corrected chi connectivity index (χ1v) is 6.27. The quantitative estimate of drug-likeness (QED) is 0.614. The minimum Gasteiger partial charge on any atom is -0.481 e. The number of hydrogen-bond acceptors (Lipinski definition) is 4. The Morgan fingerprint density at radius 2 is 2.00 bits per heavy atom. The molecule has 1 saturated heterocycles. The molecule has 0 radical (unpaired) electrons. The standard InChI is InChI=1S/C14H15NO5/c16-12-6-11(7-13(17)18)15(12)8-14(19)20-9-10-4-2-1-3-5-10/h1-5,11H,6-9H2,(H,17,18). The van der Waals surface area contributed by atoms with Gasteiger partial charge in [0.15, 0.2) is 0 Å². The zero-order valence-electron chi connectivity index (χ0n) is 10.8. The molecule has 1 heterocycles. The minimum atomic E-state index is -0.981. The Hall–Kier alpha value is -2.37. The van der Waals surface area contributed by atoms with Crippen LogP contribution in [0.15, 0.2) is 30.3 Å². The minimum absolute atomic E-state index is 0.141. The zero-order chi connectivity index (χ0) is 14.5. The van der Waals surface area contributed by atoms with E-state index in [-0.39, 0.29) is 31.9 Å². The second kappa shape index (κ2) is 6.18. The largest absolute Gasteiger partial charge is 0.481 e. The highest BCUT2D eigenvalue weighted by atomic mass is 16.5. The summed E-state index contributed by atoms with van der Waals surface area (Å²) in [6, 6.07) is 8.80. The lowest BCUT2D eigenvalue weighted by molar-refractivity contribution is -0.160. The molecule has 1 amide bonds. The maximum atomic E-state index is 11.6. The van der Waals surface area contributed by atoms with E-state index in [1.807, 2.05) is 30.3 Å². The molecule has 1 fully saturated rings. The van der Waals surface area contributed by atoms with Gasteiger partial charge in [0.1, 0.15) is 13.2 Å². The maximum absolute atomic E-state index is 11.6. The predicted octanol–water partition coefficient (Wildman–Crippen LogP) is 0.805. The highest BCUT2D eigenvalue weighted by molar-refractivity contribution is 5.88. The predicted molar refractivity (Wildman–Crippen MR) is 68.6 cm³/mol. The number of nitrogens with zero attached hydrogens (tertiary/aromatic N) is 1. The van der Waals surface area contributed by atoms with Crippen molar-refractivity contribution in [2.75, 3.05) is 6.54 Å². The van der Waals surface area contributed by atoms with E-state index < -0.39 is 18.0 Å². The molecule has 1 aromatic carbocycles. The molecule has 2 rings (SSSR count). The van der Waals surface area contributed by atoms with Crippen LogP contribution in [0.1, 0.15) is 18.4 Å². The summed E-state index contributed by atoms with van der Waals surface area (Å²) >= 11 is 0. The number of aliphatic carboxylic acids is 1. The van der Waals surface area contributed by atoms with E-state index in [0.717, 1.165) is 5.56 Å². The third-order valence-electron chi connectivity index (χ3n) is 3.12. The lowest BCUT2D eigenvalue weighted by Gasteiger charge is -2.38. The lowest BCUT2D eigenvalue weighted by Crippen LogP contribution is -2.55. The number of likely N-dealkylation sites (tertiary alicyclic amines) is 1. The van der Waals surface area contributed by atoms with Gasteiger partial charge in [-0.2, -0.15) is 0 Å². The van der Waals surface area contributed by atoms with Gasteiger partial charge in [-0.3, -0.25) is 14.4 Å². The Morgan fingerprint density at radius 3 is 2.60 bits per heavy atom. The van der Waals surface area contributed by atoms with Crippen LogP contribution in [-0.2, 0) is 25.7 Å². The summed E-state index contributed by atoms with van der Waals surface area (Å²) < 4.78 is 5.06. The van der Waals surface area contributed by atoms with Crippen LogP contribution in [0, 0.1) is 0 Å². The van der Waals surface area contributed by atoms with Gasteiger partial charge in [0.05, 0.1) is 12.5 Å². The van der Waals surface area contributed by atoms with E-state index >= 15 is 0 Å². The second-order valence-corrected chi connectivity index (χ2v) is 4.62. The van der Waals surface area contributed by atoms with Crippen LogP contribution in [0.2, 0.25) is 0 Å². The van der Waals surface area contributed by atoms with Crippen molar-refractivity contribution < 1.29 is 24.2 Å². The van der Waals surface area contributed by atoms with Gasteiger partial charge < -0.3 is 14.7 Å². The van der Waals surface area contributed by atoms with Crippen LogP contribution in [0.5, 0.6) is 0 Å². The summed E-state index contributed by atoms with van der Waals surface area (Å²) in [4.78, 5) is 34.8. The highest BCUT2D eigenvalue weighted by Crippen LogP contribution is 2.21. The van der Waals surface area contributed by atoms with Crippen molar-refractivity contribution in [1.82, 2.24) is 4.90 Å². The molecule has 6 heteroatoms. The van der Waals surface area contributed by atoms with Gasteiger partial charge in [0.25, 0.3) is 0 Å². The van der Waals surface area contributed by atoms with Gasteiger partial charge in [-0.15, -0.1) is 0 Å². The number of ether oxygens (including phenoxy) is 1. The Morgan fingerprint density at radius 1 is 1.30 bits per heavy atom. The van der Waals surface area contributed by atoms with Gasteiger partial charge in [-0.1, -0.05) is 30.3 Å². The second-order valence-electron chi connectivity index (χ2n) is 4.62. The molecule has 0 saturated carbocycles. The molecule has 0 spiro atoms. The summed E-state index contributed by atoms with van der Waals surface area (Å²) in [7, 11) is 0. The van der Waals surface area contributed by atoms with Crippen molar-refractivity contribution in [3.8, 4) is 0 Å². The fourth-order valence-electron chi connectivity index (χ4n) is 2.04. The van der Waals surface area contributed by atoms with Gasteiger partial charge in [-0.25, -0.2) is 0 Å². The molecular weight excluding hydrogens is 262 g/mol. The number of hydrogen-bond donors (Lipinski definition) is 1. The number of β-lactam (4-membered cyclic amide) rings is 1. The van der Waals surface area contributed by atoms with Crippen LogP contribution < -0.4 is 0 Å². The Labute approximate surface area is 115 Å². The number of carbonyl (C=O) groups is 3. The molecule has 0 bridgehead atoms. The average Bonchev–Trinajstić information content (AvgIpc) is 2.43. The van der Waals surface area contributed by atoms with Crippen molar-refractivity contribution in [2.45, 2.75) is 25.5 Å². The number of rotatable bonds is 6. The van der Waals surface area contributed by atoms with Crippen LogP contribution in [0.25, 0.3) is 0 Å². The summed E-state index contributed by atoms with van der Waals surface area (Å²) in [5, 5.41) is 8.68. The van der Waals surface area contributed by atoms with E-state index in [0.29, 0.717) is 0 Å². The molecule has 6 nitrogen and oxygen atoms in total. The summed E-state index contributed by atoms with van der Waals surface area (Å²) in [5.41, 5.74) is 0.859. The molecular formula is C14H15NO5. The first-order valence-electron chi connectivity index (χ1n) is 6.27. The molecule has 1 atom stereocenters. The van der Waals surface area contributed by atoms with Crippen molar-refractivity contribution in [2.24, 2.45) is 0 Å². The molecule has 1 aliphatic rings. The van der Waals surface area contributed by atoms with Crippen molar-refractivity contribution in [3.05, 3.63) is 35.9 Å². The third kappa shape index (κ3) is 3.57. The highest BCUT2D eigenvalue weighted by Gasteiger charge is 2.38. The van der Waals surface area contributed by atoms with Crippen molar-refractivity contribution in [1.29, 1.82) is 0 Å². The molecule has 0 aliphatic carbocycles. The molecule has 20 heavy (non-hydrogen) atoms. The Kier molecular flexibility index (Phi) is 4.34. The Balaban J connectivity index is 1.79. The first kappa shape index (κ1) is 14.0.